The molecule has 2 rings (SSSR count). The Morgan fingerprint density at radius 3 is 2.71 bits per heavy atom. The predicted octanol–water partition coefficient (Wildman–Crippen LogP) is 2.07. The molecule has 1 heterocycles. The molecule has 0 radical (unpaired) electrons. The summed E-state index contributed by atoms with van der Waals surface area (Å²) in [6, 6.07) is 2.59. The van der Waals surface area contributed by atoms with E-state index in [-0.39, 0.29) is 11.3 Å². The first-order chi connectivity index (χ1) is 10.1. The quantitative estimate of drug-likeness (QED) is 0.793. The van der Waals surface area contributed by atoms with Gasteiger partial charge in [0.05, 0.1) is 11.3 Å². The molecule has 1 aromatic rings. The molecule has 114 valence electrons. The average Bonchev–Trinajstić information content (AvgIpc) is 2.46. The van der Waals surface area contributed by atoms with Crippen LogP contribution in [0.25, 0.3) is 0 Å². The Balaban J connectivity index is 1.92. The number of nitrogens with one attached hydrogen (secondary N) is 2. The van der Waals surface area contributed by atoms with E-state index in [4.69, 9.17) is 9.84 Å². The number of carboxylic acids is 1. The van der Waals surface area contributed by atoms with Gasteiger partial charge in [0, 0.05) is 19.8 Å². The van der Waals surface area contributed by atoms with Crippen molar-refractivity contribution in [3.05, 3.63) is 29.6 Å². The average molecular weight is 296 g/mol. The molecular formula is C14H17FN2O4. The Labute approximate surface area is 121 Å². The van der Waals surface area contributed by atoms with Crippen LogP contribution in [-0.4, -0.2) is 36.9 Å². The smallest absolute Gasteiger partial charge is 0.337 e. The van der Waals surface area contributed by atoms with Crippen LogP contribution in [0, 0.1) is 11.7 Å². The van der Waals surface area contributed by atoms with Gasteiger partial charge in [-0.1, -0.05) is 0 Å². The van der Waals surface area contributed by atoms with Gasteiger partial charge in [-0.05, 0) is 37.0 Å². The molecule has 3 N–H and O–H groups in total. The second-order valence-electron chi connectivity index (χ2n) is 4.89. The van der Waals surface area contributed by atoms with Crippen LogP contribution in [0.5, 0.6) is 0 Å². The highest BCUT2D eigenvalue weighted by atomic mass is 19.1. The molecule has 2 amide bonds. The number of halogens is 1. The minimum absolute atomic E-state index is 0.0630. The molecule has 0 aromatic heterocycles. The van der Waals surface area contributed by atoms with Crippen LogP contribution in [0.4, 0.5) is 14.9 Å². The molecule has 1 aromatic carbocycles. The van der Waals surface area contributed by atoms with Crippen molar-refractivity contribution in [1.82, 2.24) is 5.32 Å². The minimum Gasteiger partial charge on any atom is -0.478 e. The number of carboxylic acid groups (broad SMARTS) is 1. The fraction of sp³-hybridized carbons (Fsp3) is 0.429. The minimum atomic E-state index is -1.23. The summed E-state index contributed by atoms with van der Waals surface area (Å²) in [5, 5.41) is 14.0. The van der Waals surface area contributed by atoms with Crippen LogP contribution in [-0.2, 0) is 4.74 Å². The number of hydrogen-bond donors (Lipinski definition) is 3. The van der Waals surface area contributed by atoms with E-state index in [1.54, 1.807) is 0 Å². The van der Waals surface area contributed by atoms with E-state index in [1.807, 2.05) is 0 Å². The summed E-state index contributed by atoms with van der Waals surface area (Å²) >= 11 is 0. The monoisotopic (exact) mass is 296 g/mol. The Morgan fingerprint density at radius 2 is 2.05 bits per heavy atom. The van der Waals surface area contributed by atoms with E-state index in [0.29, 0.717) is 25.7 Å². The van der Waals surface area contributed by atoms with Crippen LogP contribution in [0.3, 0.4) is 0 Å². The predicted molar refractivity (Wildman–Crippen MR) is 73.9 cm³/mol. The molecule has 6 nitrogen and oxygen atoms in total. The van der Waals surface area contributed by atoms with Crippen molar-refractivity contribution in [2.45, 2.75) is 12.8 Å². The summed E-state index contributed by atoms with van der Waals surface area (Å²) in [7, 11) is 0. The topological polar surface area (TPSA) is 87.7 Å². The third kappa shape index (κ3) is 4.42. The third-order valence-electron chi connectivity index (χ3n) is 3.35. The molecule has 1 saturated heterocycles. The van der Waals surface area contributed by atoms with Gasteiger partial charge in [-0.3, -0.25) is 0 Å². The van der Waals surface area contributed by atoms with Crippen molar-refractivity contribution in [2.24, 2.45) is 5.92 Å². The van der Waals surface area contributed by atoms with Crippen LogP contribution in [0.15, 0.2) is 18.2 Å². The summed E-state index contributed by atoms with van der Waals surface area (Å²) in [6.45, 7) is 1.84. The number of aromatic carboxylic acids is 1. The lowest BCUT2D eigenvalue weighted by atomic mass is 10.0. The van der Waals surface area contributed by atoms with Crippen molar-refractivity contribution in [2.75, 3.05) is 25.1 Å². The third-order valence-corrected chi connectivity index (χ3v) is 3.35. The second-order valence-corrected chi connectivity index (χ2v) is 4.89. The molecule has 0 spiro atoms. The van der Waals surface area contributed by atoms with Crippen LogP contribution >= 0.6 is 0 Å². The number of amides is 2. The first kappa shape index (κ1) is 15.2. The van der Waals surface area contributed by atoms with Gasteiger partial charge in [0.25, 0.3) is 0 Å². The zero-order chi connectivity index (χ0) is 15.2. The second kappa shape index (κ2) is 7.03. The van der Waals surface area contributed by atoms with Gasteiger partial charge in [0.15, 0.2) is 0 Å². The molecule has 1 aliphatic heterocycles. The molecule has 0 unspecified atom stereocenters. The lowest BCUT2D eigenvalue weighted by Gasteiger charge is -2.22. The highest BCUT2D eigenvalue weighted by Gasteiger charge is 2.16. The molecule has 0 aliphatic carbocycles. The van der Waals surface area contributed by atoms with Gasteiger partial charge in [-0.25, -0.2) is 14.0 Å². The Kier molecular flexibility index (Phi) is 5.10. The fourth-order valence-electron chi connectivity index (χ4n) is 2.16. The Hall–Kier alpha value is -2.15. The van der Waals surface area contributed by atoms with E-state index in [2.05, 4.69) is 10.6 Å². The van der Waals surface area contributed by atoms with E-state index >= 15 is 0 Å². The van der Waals surface area contributed by atoms with Crippen molar-refractivity contribution in [3.8, 4) is 0 Å². The Bertz CT molecular complexity index is 530. The van der Waals surface area contributed by atoms with Crippen LogP contribution in [0.2, 0.25) is 0 Å². The number of urea groups is 1. The highest BCUT2D eigenvalue weighted by molar-refractivity contribution is 5.99. The van der Waals surface area contributed by atoms with E-state index in [0.717, 1.165) is 31.0 Å². The summed E-state index contributed by atoms with van der Waals surface area (Å²) in [5.41, 5.74) is -0.218. The summed E-state index contributed by atoms with van der Waals surface area (Å²) in [5.74, 6) is -1.49. The number of benzene rings is 1. The maximum absolute atomic E-state index is 13.2. The first-order valence-electron chi connectivity index (χ1n) is 6.71. The van der Waals surface area contributed by atoms with Gasteiger partial charge in [0.1, 0.15) is 5.82 Å². The van der Waals surface area contributed by atoms with Crippen molar-refractivity contribution < 1.29 is 23.8 Å². The largest absolute Gasteiger partial charge is 0.478 e. The van der Waals surface area contributed by atoms with Crippen molar-refractivity contribution in [1.29, 1.82) is 0 Å². The number of carbonyl (C=O) groups excluding carboxylic acids is 1. The number of carbonyl (C=O) groups is 2. The molecular weight excluding hydrogens is 279 g/mol. The van der Waals surface area contributed by atoms with E-state index < -0.39 is 17.8 Å². The molecule has 0 atom stereocenters. The number of anilines is 1. The number of ether oxygens (including phenoxy) is 1. The summed E-state index contributed by atoms with van der Waals surface area (Å²) < 4.78 is 18.4. The highest BCUT2D eigenvalue weighted by Crippen LogP contribution is 2.17. The van der Waals surface area contributed by atoms with Gasteiger partial charge >= 0.3 is 12.0 Å². The fourth-order valence-corrected chi connectivity index (χ4v) is 2.16. The summed E-state index contributed by atoms with van der Waals surface area (Å²) in [6.07, 6.45) is 1.75. The van der Waals surface area contributed by atoms with Crippen LogP contribution in [0.1, 0.15) is 23.2 Å². The zero-order valence-corrected chi connectivity index (χ0v) is 11.4. The first-order valence-corrected chi connectivity index (χ1v) is 6.71. The zero-order valence-electron chi connectivity index (χ0n) is 11.4. The van der Waals surface area contributed by atoms with Gasteiger partial charge < -0.3 is 20.5 Å². The van der Waals surface area contributed by atoms with E-state index in [9.17, 15) is 14.0 Å². The Morgan fingerprint density at radius 1 is 1.33 bits per heavy atom. The molecule has 1 fully saturated rings. The molecule has 0 saturated carbocycles. The number of hydrogen-bond acceptors (Lipinski definition) is 3. The van der Waals surface area contributed by atoms with Crippen LogP contribution < -0.4 is 10.6 Å². The standard InChI is InChI=1S/C14H17FN2O4/c15-10-1-2-11(13(18)19)12(7-10)17-14(20)16-8-9-3-5-21-6-4-9/h1-2,7,9H,3-6,8H2,(H,18,19)(H2,16,17,20). The molecule has 1 aliphatic rings. The van der Waals surface area contributed by atoms with Gasteiger partial charge in [-0.2, -0.15) is 0 Å². The van der Waals surface area contributed by atoms with Gasteiger partial charge in [-0.15, -0.1) is 0 Å². The molecule has 0 bridgehead atoms. The maximum Gasteiger partial charge on any atom is 0.337 e. The normalized spacial score (nSPS) is 15.5. The lowest BCUT2D eigenvalue weighted by molar-refractivity contribution is 0.0670. The summed E-state index contributed by atoms with van der Waals surface area (Å²) in [4.78, 5) is 22.8. The molecule has 7 heteroatoms. The lowest BCUT2D eigenvalue weighted by Crippen LogP contribution is -2.35. The van der Waals surface area contributed by atoms with Gasteiger partial charge in [0.2, 0.25) is 0 Å². The molecule has 21 heavy (non-hydrogen) atoms. The maximum atomic E-state index is 13.2. The number of rotatable bonds is 4. The van der Waals surface area contributed by atoms with Crippen molar-refractivity contribution in [3.63, 3.8) is 0 Å². The SMILES string of the molecule is O=C(NCC1CCOCC1)Nc1cc(F)ccc1C(=O)O. The van der Waals surface area contributed by atoms with E-state index in [1.165, 1.54) is 0 Å². The van der Waals surface area contributed by atoms with Crippen molar-refractivity contribution >= 4 is 17.7 Å².